The number of amides is 2. The molecule has 0 saturated heterocycles. The van der Waals surface area contributed by atoms with Gasteiger partial charge in [0.1, 0.15) is 0 Å². The molecule has 0 aliphatic heterocycles. The van der Waals surface area contributed by atoms with Crippen molar-refractivity contribution in [3.63, 3.8) is 0 Å². The highest BCUT2D eigenvalue weighted by Crippen LogP contribution is 2.06. The van der Waals surface area contributed by atoms with Crippen molar-refractivity contribution in [1.29, 1.82) is 0 Å². The van der Waals surface area contributed by atoms with Crippen LogP contribution in [0.15, 0.2) is 24.5 Å². The Morgan fingerprint density at radius 3 is 2.41 bits per heavy atom. The zero-order valence-corrected chi connectivity index (χ0v) is 16.9. The first kappa shape index (κ1) is 24.6. The van der Waals surface area contributed by atoms with Gasteiger partial charge in [-0.15, -0.1) is 0 Å². The van der Waals surface area contributed by atoms with Crippen molar-refractivity contribution in [3.05, 3.63) is 30.1 Å². The molecule has 1 heterocycles. The van der Waals surface area contributed by atoms with Crippen molar-refractivity contribution >= 4 is 17.8 Å². The maximum absolute atomic E-state index is 12.4. The predicted molar refractivity (Wildman–Crippen MR) is 105 cm³/mol. The van der Waals surface area contributed by atoms with E-state index in [2.05, 4.69) is 10.3 Å². The van der Waals surface area contributed by atoms with Crippen LogP contribution in [-0.2, 0) is 20.8 Å². The molecule has 0 spiro atoms. The Labute approximate surface area is 162 Å². The van der Waals surface area contributed by atoms with E-state index in [1.165, 1.54) is 4.90 Å². The summed E-state index contributed by atoms with van der Waals surface area (Å²) in [5, 5.41) is 11.3. The number of carbonyl (C=O) groups excluding carboxylic acids is 2. The van der Waals surface area contributed by atoms with Crippen LogP contribution in [0.1, 0.15) is 58.9 Å². The Morgan fingerprint density at radius 2 is 1.85 bits per heavy atom. The first-order valence-electron chi connectivity index (χ1n) is 9.60. The monoisotopic (exact) mass is 379 g/mol. The summed E-state index contributed by atoms with van der Waals surface area (Å²) >= 11 is 0. The van der Waals surface area contributed by atoms with Crippen LogP contribution in [0, 0.1) is 0 Å². The van der Waals surface area contributed by atoms with Crippen LogP contribution in [0.4, 0.5) is 0 Å². The summed E-state index contributed by atoms with van der Waals surface area (Å²) in [6, 6.07) is 3.38. The molecular weight excluding hydrogens is 346 g/mol. The number of hydrogen-bond donors (Lipinski definition) is 2. The highest BCUT2D eigenvalue weighted by molar-refractivity contribution is 5.85. The Bertz CT molecular complexity index is 564. The van der Waals surface area contributed by atoms with E-state index < -0.39 is 12.0 Å². The average Bonchev–Trinajstić information content (AvgIpc) is 2.63. The lowest BCUT2D eigenvalue weighted by Gasteiger charge is -2.22. The van der Waals surface area contributed by atoms with Gasteiger partial charge in [0.15, 0.2) is 0 Å². The summed E-state index contributed by atoms with van der Waals surface area (Å²) in [5.41, 5.74) is 1.13. The fraction of sp³-hybridized carbons (Fsp3) is 0.600. The molecule has 1 unspecified atom stereocenters. The highest BCUT2D eigenvalue weighted by atomic mass is 16.4. The van der Waals surface area contributed by atoms with Gasteiger partial charge in [0.2, 0.25) is 11.8 Å². The van der Waals surface area contributed by atoms with Gasteiger partial charge < -0.3 is 15.3 Å². The number of carboxylic acids is 1. The van der Waals surface area contributed by atoms with Crippen LogP contribution >= 0.6 is 0 Å². The lowest BCUT2D eigenvalue weighted by atomic mass is 10.1. The molecule has 0 aliphatic rings. The molecule has 7 heteroatoms. The van der Waals surface area contributed by atoms with Crippen LogP contribution in [0.5, 0.6) is 0 Å². The molecule has 0 fully saturated rings. The summed E-state index contributed by atoms with van der Waals surface area (Å²) < 4.78 is 0. The highest BCUT2D eigenvalue weighted by Gasteiger charge is 2.18. The number of aromatic nitrogens is 1. The average molecular weight is 380 g/mol. The Morgan fingerprint density at radius 1 is 1.22 bits per heavy atom. The first-order chi connectivity index (χ1) is 12.9. The Hall–Kier alpha value is -2.44. The van der Waals surface area contributed by atoms with Crippen LogP contribution in [-0.4, -0.2) is 51.9 Å². The number of aliphatic carboxylic acids is 1. The van der Waals surface area contributed by atoms with E-state index in [0.717, 1.165) is 18.4 Å². The molecule has 152 valence electrons. The maximum Gasteiger partial charge on any atom is 0.305 e. The minimum Gasteiger partial charge on any atom is -0.481 e. The maximum atomic E-state index is 12.4. The fourth-order valence-corrected chi connectivity index (χ4v) is 2.52. The lowest BCUT2D eigenvalue weighted by Crippen LogP contribution is -2.44. The van der Waals surface area contributed by atoms with E-state index in [-0.39, 0.29) is 24.8 Å². The van der Waals surface area contributed by atoms with E-state index in [0.29, 0.717) is 19.4 Å². The summed E-state index contributed by atoms with van der Waals surface area (Å²) in [6.45, 7) is 8.05. The number of carbonyl (C=O) groups is 3. The molecule has 2 amide bonds. The number of aryl methyl sites for hydroxylation is 1. The minimum atomic E-state index is -0.967. The van der Waals surface area contributed by atoms with Crippen molar-refractivity contribution in [1.82, 2.24) is 15.2 Å². The number of rotatable bonds is 11. The molecule has 1 aromatic rings. The third-order valence-corrected chi connectivity index (χ3v) is 3.67. The summed E-state index contributed by atoms with van der Waals surface area (Å²) in [6.07, 6.45) is 5.94. The van der Waals surface area contributed by atoms with Crippen LogP contribution in [0.2, 0.25) is 0 Å². The van der Waals surface area contributed by atoms with Gasteiger partial charge in [0.25, 0.3) is 0 Å². The van der Waals surface area contributed by atoms with E-state index >= 15 is 0 Å². The van der Waals surface area contributed by atoms with Crippen LogP contribution in [0.3, 0.4) is 0 Å². The number of carboxylic acid groups (broad SMARTS) is 1. The summed E-state index contributed by atoms with van der Waals surface area (Å²) in [5.74, 6) is -1.35. The van der Waals surface area contributed by atoms with Crippen LogP contribution in [0.25, 0.3) is 0 Å². The number of pyridine rings is 1. The molecule has 1 rings (SSSR count). The Kier molecular flexibility index (Phi) is 13.4. The largest absolute Gasteiger partial charge is 0.481 e. The third kappa shape index (κ3) is 11.7. The zero-order valence-electron chi connectivity index (χ0n) is 16.9. The topological polar surface area (TPSA) is 99.6 Å². The Balaban J connectivity index is 0.00000326. The van der Waals surface area contributed by atoms with E-state index in [1.54, 1.807) is 19.3 Å². The number of nitrogens with one attached hydrogen (secondary N) is 1. The van der Waals surface area contributed by atoms with Gasteiger partial charge in [0.05, 0.1) is 13.0 Å². The van der Waals surface area contributed by atoms with Crippen molar-refractivity contribution in [2.45, 2.75) is 65.8 Å². The molecule has 1 atom stereocenters. The summed E-state index contributed by atoms with van der Waals surface area (Å²) in [4.78, 5) is 40.5. The molecule has 0 radical (unpaired) electrons. The lowest BCUT2D eigenvalue weighted by molar-refractivity contribution is -0.139. The van der Waals surface area contributed by atoms with Gasteiger partial charge in [-0.2, -0.15) is 0 Å². The number of nitrogens with zero attached hydrogens (tertiary/aromatic N) is 2. The molecule has 2 N–H and O–H groups in total. The molecule has 0 bridgehead atoms. The quantitative estimate of drug-likeness (QED) is 0.616. The van der Waals surface area contributed by atoms with Gasteiger partial charge in [-0.3, -0.25) is 19.4 Å². The second-order valence-electron chi connectivity index (χ2n) is 6.09. The van der Waals surface area contributed by atoms with Gasteiger partial charge in [-0.1, -0.05) is 20.8 Å². The fourth-order valence-electron chi connectivity index (χ4n) is 2.52. The molecule has 1 aromatic heterocycles. The standard InChI is InChI=1S/C18H27N3O4.C2H6/c1-3-11-21(13-16(22)20-14(2)12-18(24)25)17(23)6-4-5-15-7-9-19-10-8-15;1-2/h7-10,14H,3-6,11-13H2,1-2H3,(H,20,22)(H,24,25);1-2H3. The van der Waals surface area contributed by atoms with Crippen molar-refractivity contribution in [2.24, 2.45) is 0 Å². The second kappa shape index (κ2) is 14.7. The van der Waals surface area contributed by atoms with Gasteiger partial charge in [-0.25, -0.2) is 0 Å². The molecule has 0 aliphatic carbocycles. The van der Waals surface area contributed by atoms with E-state index in [9.17, 15) is 14.4 Å². The zero-order chi connectivity index (χ0) is 20.7. The molecular formula is C20H33N3O4. The van der Waals surface area contributed by atoms with E-state index in [4.69, 9.17) is 5.11 Å². The van der Waals surface area contributed by atoms with Crippen molar-refractivity contribution < 1.29 is 19.5 Å². The van der Waals surface area contributed by atoms with Crippen molar-refractivity contribution in [3.8, 4) is 0 Å². The molecule has 0 saturated carbocycles. The third-order valence-electron chi connectivity index (χ3n) is 3.67. The first-order valence-corrected chi connectivity index (χ1v) is 9.60. The number of hydrogen-bond acceptors (Lipinski definition) is 4. The molecule has 0 aromatic carbocycles. The van der Waals surface area contributed by atoms with Gasteiger partial charge in [0, 0.05) is 31.4 Å². The van der Waals surface area contributed by atoms with E-state index in [1.807, 2.05) is 32.9 Å². The predicted octanol–water partition coefficient (Wildman–Crippen LogP) is 2.65. The SMILES string of the molecule is CC.CCCN(CC(=O)NC(C)CC(=O)O)C(=O)CCCc1ccncc1. The molecule has 7 nitrogen and oxygen atoms in total. The summed E-state index contributed by atoms with van der Waals surface area (Å²) in [7, 11) is 0. The van der Waals surface area contributed by atoms with Gasteiger partial charge >= 0.3 is 5.97 Å². The second-order valence-corrected chi connectivity index (χ2v) is 6.09. The smallest absolute Gasteiger partial charge is 0.305 e. The van der Waals surface area contributed by atoms with Crippen LogP contribution < -0.4 is 5.32 Å². The minimum absolute atomic E-state index is 0.0358. The van der Waals surface area contributed by atoms with Gasteiger partial charge in [-0.05, 0) is 43.9 Å². The molecule has 27 heavy (non-hydrogen) atoms. The van der Waals surface area contributed by atoms with Crippen molar-refractivity contribution in [2.75, 3.05) is 13.1 Å². The normalized spacial score (nSPS) is 11.0.